The van der Waals surface area contributed by atoms with Crippen molar-refractivity contribution < 1.29 is 14.3 Å². The smallest absolute Gasteiger partial charge is 0.355 e. The van der Waals surface area contributed by atoms with Gasteiger partial charge >= 0.3 is 5.97 Å². The van der Waals surface area contributed by atoms with E-state index in [0.29, 0.717) is 26.9 Å². The number of rotatable bonds is 5. The molecule has 0 unspecified atom stereocenters. The summed E-state index contributed by atoms with van der Waals surface area (Å²) in [6, 6.07) is 20.0. The highest BCUT2D eigenvalue weighted by Gasteiger charge is 2.18. The second-order valence-corrected chi connectivity index (χ2v) is 8.09. The summed E-state index contributed by atoms with van der Waals surface area (Å²) < 4.78 is 5.48. The highest BCUT2D eigenvalue weighted by Crippen LogP contribution is 2.29. The zero-order valence-corrected chi connectivity index (χ0v) is 17.0. The van der Waals surface area contributed by atoms with Gasteiger partial charge in [-0.25, -0.2) is 9.78 Å². The molecule has 2 aromatic heterocycles. The Morgan fingerprint density at radius 3 is 2.41 bits per heavy atom. The third-order valence-electron chi connectivity index (χ3n) is 4.07. The molecule has 1 N–H and O–H groups in total. The van der Waals surface area contributed by atoms with Gasteiger partial charge in [0, 0.05) is 11.3 Å². The first kappa shape index (κ1) is 19.0. The van der Waals surface area contributed by atoms with Gasteiger partial charge in [0.2, 0.25) is 0 Å². The number of esters is 1. The fraction of sp³-hybridized carbons (Fsp3) is 0.0455. The van der Waals surface area contributed by atoms with Gasteiger partial charge in [-0.1, -0.05) is 36.4 Å². The van der Waals surface area contributed by atoms with Crippen LogP contribution in [0.15, 0.2) is 72.1 Å². The molecular formula is C22H16N2O3S2. The number of hydrogen-bond acceptors (Lipinski definition) is 6. The fourth-order valence-corrected chi connectivity index (χ4v) is 4.22. The minimum atomic E-state index is -0.447. The van der Waals surface area contributed by atoms with Crippen LogP contribution >= 0.6 is 22.7 Å². The van der Waals surface area contributed by atoms with Crippen LogP contribution in [0, 0.1) is 6.92 Å². The molecule has 144 valence electrons. The normalized spacial score (nSPS) is 10.5. The van der Waals surface area contributed by atoms with Gasteiger partial charge in [0.1, 0.15) is 15.6 Å². The number of carbonyl (C=O) groups excluding carboxylic acids is 2. The number of thiophene rings is 1. The molecule has 0 atom stereocenters. The van der Waals surface area contributed by atoms with Crippen LogP contribution in [0.3, 0.4) is 0 Å². The Labute approximate surface area is 175 Å². The summed E-state index contributed by atoms with van der Waals surface area (Å²) in [6.07, 6.45) is 0. The van der Waals surface area contributed by atoms with E-state index in [0.717, 1.165) is 10.6 Å². The summed E-state index contributed by atoms with van der Waals surface area (Å²) in [5, 5.41) is 5.44. The first-order valence-electron chi connectivity index (χ1n) is 8.80. The molecule has 2 aromatic carbocycles. The number of anilines is 1. The predicted molar refractivity (Wildman–Crippen MR) is 116 cm³/mol. The van der Waals surface area contributed by atoms with Crippen molar-refractivity contribution in [3.8, 4) is 16.3 Å². The van der Waals surface area contributed by atoms with Gasteiger partial charge in [-0.2, -0.15) is 0 Å². The number of ether oxygens (including phenoxy) is 1. The minimum absolute atomic E-state index is 0.168. The molecule has 29 heavy (non-hydrogen) atoms. The maximum atomic E-state index is 12.6. The molecule has 0 fully saturated rings. The van der Waals surface area contributed by atoms with Crippen LogP contribution < -0.4 is 10.1 Å². The van der Waals surface area contributed by atoms with Crippen molar-refractivity contribution in [3.63, 3.8) is 0 Å². The molecule has 0 bridgehead atoms. The van der Waals surface area contributed by atoms with E-state index in [-0.39, 0.29) is 5.91 Å². The topological polar surface area (TPSA) is 68.3 Å². The Kier molecular flexibility index (Phi) is 5.50. The van der Waals surface area contributed by atoms with Crippen LogP contribution in [0.1, 0.15) is 25.0 Å². The summed E-state index contributed by atoms with van der Waals surface area (Å²) in [6.45, 7) is 1.79. The summed E-state index contributed by atoms with van der Waals surface area (Å²) in [5.74, 6) is -0.214. The van der Waals surface area contributed by atoms with Crippen molar-refractivity contribution in [1.29, 1.82) is 0 Å². The van der Waals surface area contributed by atoms with E-state index < -0.39 is 5.97 Å². The maximum Gasteiger partial charge on any atom is 0.355 e. The SMILES string of the molecule is Cc1nc(-c2ccccc2)sc1C(=O)Oc1ccc(NC(=O)c2cccs2)cc1. The molecule has 4 rings (SSSR count). The second-order valence-electron chi connectivity index (χ2n) is 6.14. The number of amides is 1. The Bertz CT molecular complexity index is 1130. The number of nitrogens with one attached hydrogen (secondary N) is 1. The molecule has 0 aliphatic carbocycles. The number of benzene rings is 2. The van der Waals surface area contributed by atoms with Crippen molar-refractivity contribution in [2.45, 2.75) is 6.92 Å². The van der Waals surface area contributed by atoms with Gasteiger partial charge in [-0.05, 0) is 42.6 Å². The molecule has 0 saturated carbocycles. The highest BCUT2D eigenvalue weighted by molar-refractivity contribution is 7.17. The lowest BCUT2D eigenvalue weighted by Gasteiger charge is -2.06. The van der Waals surface area contributed by atoms with Gasteiger partial charge in [0.15, 0.2) is 0 Å². The van der Waals surface area contributed by atoms with Crippen LogP contribution in [-0.4, -0.2) is 16.9 Å². The minimum Gasteiger partial charge on any atom is -0.422 e. The second kappa shape index (κ2) is 8.38. The Balaban J connectivity index is 1.44. The van der Waals surface area contributed by atoms with Crippen LogP contribution in [0.4, 0.5) is 5.69 Å². The summed E-state index contributed by atoms with van der Waals surface area (Å²) in [5.41, 5.74) is 2.23. The van der Waals surface area contributed by atoms with E-state index in [4.69, 9.17) is 4.74 Å². The third kappa shape index (κ3) is 4.42. The summed E-state index contributed by atoms with van der Waals surface area (Å²) >= 11 is 2.68. The third-order valence-corrected chi connectivity index (χ3v) is 6.13. The summed E-state index contributed by atoms with van der Waals surface area (Å²) in [7, 11) is 0. The number of thiazole rings is 1. The molecule has 5 nitrogen and oxygen atoms in total. The van der Waals surface area contributed by atoms with Crippen LogP contribution in [-0.2, 0) is 0 Å². The van der Waals surface area contributed by atoms with Gasteiger partial charge < -0.3 is 10.1 Å². The Morgan fingerprint density at radius 1 is 0.966 bits per heavy atom. The zero-order valence-electron chi connectivity index (χ0n) is 15.4. The molecule has 0 radical (unpaired) electrons. The predicted octanol–water partition coefficient (Wildman–Crippen LogP) is 5.65. The molecule has 1 amide bonds. The van der Waals surface area contributed by atoms with Crippen molar-refractivity contribution in [1.82, 2.24) is 4.98 Å². The lowest BCUT2D eigenvalue weighted by Crippen LogP contribution is -2.10. The van der Waals surface area contributed by atoms with Crippen molar-refractivity contribution in [3.05, 3.63) is 87.6 Å². The number of carbonyl (C=O) groups is 2. The maximum absolute atomic E-state index is 12.6. The monoisotopic (exact) mass is 420 g/mol. The first-order chi connectivity index (χ1) is 14.1. The molecular weight excluding hydrogens is 404 g/mol. The Hall–Kier alpha value is -3.29. The molecule has 0 saturated heterocycles. The fourth-order valence-electron chi connectivity index (χ4n) is 2.65. The van der Waals surface area contributed by atoms with Crippen molar-refractivity contribution in [2.24, 2.45) is 0 Å². The lowest BCUT2D eigenvalue weighted by atomic mass is 10.2. The van der Waals surface area contributed by atoms with Crippen LogP contribution in [0.5, 0.6) is 5.75 Å². The molecule has 0 aliphatic rings. The zero-order chi connectivity index (χ0) is 20.2. The van der Waals surface area contributed by atoms with E-state index in [9.17, 15) is 9.59 Å². The molecule has 0 aliphatic heterocycles. The number of aromatic nitrogens is 1. The largest absolute Gasteiger partial charge is 0.422 e. The Morgan fingerprint density at radius 2 is 1.72 bits per heavy atom. The van der Waals surface area contributed by atoms with Gasteiger partial charge in [-0.15, -0.1) is 22.7 Å². The van der Waals surface area contributed by atoms with Crippen LogP contribution in [0.25, 0.3) is 10.6 Å². The lowest BCUT2D eigenvalue weighted by molar-refractivity contribution is 0.0738. The number of nitrogens with zero attached hydrogens (tertiary/aromatic N) is 1. The van der Waals surface area contributed by atoms with E-state index >= 15 is 0 Å². The van der Waals surface area contributed by atoms with Gasteiger partial charge in [-0.3, -0.25) is 4.79 Å². The van der Waals surface area contributed by atoms with E-state index in [1.807, 2.05) is 41.8 Å². The molecule has 7 heteroatoms. The van der Waals surface area contributed by atoms with Gasteiger partial charge in [0.25, 0.3) is 5.91 Å². The number of hydrogen-bond donors (Lipinski definition) is 1. The highest BCUT2D eigenvalue weighted by atomic mass is 32.1. The molecule has 4 aromatic rings. The van der Waals surface area contributed by atoms with Crippen molar-refractivity contribution in [2.75, 3.05) is 5.32 Å². The summed E-state index contributed by atoms with van der Waals surface area (Å²) in [4.78, 5) is 30.3. The number of aryl methyl sites for hydroxylation is 1. The average molecular weight is 421 g/mol. The van der Waals surface area contributed by atoms with E-state index in [1.54, 1.807) is 37.3 Å². The van der Waals surface area contributed by atoms with Crippen molar-refractivity contribution >= 4 is 40.2 Å². The molecule has 2 heterocycles. The average Bonchev–Trinajstić information content (AvgIpc) is 3.40. The van der Waals surface area contributed by atoms with Gasteiger partial charge in [0.05, 0.1) is 10.6 Å². The van der Waals surface area contributed by atoms with E-state index in [1.165, 1.54) is 22.7 Å². The molecule has 0 spiro atoms. The first-order valence-corrected chi connectivity index (χ1v) is 10.5. The van der Waals surface area contributed by atoms with E-state index in [2.05, 4.69) is 10.3 Å². The standard InChI is InChI=1S/C22H16N2O3S2/c1-14-19(29-21(23-14)15-6-3-2-4-7-15)22(26)27-17-11-9-16(10-12-17)24-20(25)18-8-5-13-28-18/h2-13H,1H3,(H,24,25). The quantitative estimate of drug-likeness (QED) is 0.335. The van der Waals surface area contributed by atoms with Crippen LogP contribution in [0.2, 0.25) is 0 Å².